The Balaban J connectivity index is 2.59. The summed E-state index contributed by atoms with van der Waals surface area (Å²) in [5.74, 6) is -0.992. The molecule has 0 spiro atoms. The van der Waals surface area contributed by atoms with Crippen LogP contribution in [0.5, 0.6) is 0 Å². The Morgan fingerprint density at radius 1 is 1.25 bits per heavy atom. The Bertz CT molecular complexity index is 607. The second-order valence-electron chi connectivity index (χ2n) is 3.09. The Labute approximate surface area is 91.4 Å². The highest BCUT2D eigenvalue weighted by molar-refractivity contribution is 7.89. The summed E-state index contributed by atoms with van der Waals surface area (Å²) < 4.78 is 36.5. The first-order chi connectivity index (χ1) is 7.50. The van der Waals surface area contributed by atoms with Gasteiger partial charge in [-0.15, -0.1) is 0 Å². The summed E-state index contributed by atoms with van der Waals surface area (Å²) in [7, 11) is -4.08. The van der Waals surface area contributed by atoms with Crippen molar-refractivity contribution in [2.75, 3.05) is 0 Å². The molecule has 0 saturated carbocycles. The van der Waals surface area contributed by atoms with Gasteiger partial charge in [-0.1, -0.05) is 18.2 Å². The molecule has 84 valence electrons. The van der Waals surface area contributed by atoms with Crippen molar-refractivity contribution in [1.82, 2.24) is 9.78 Å². The normalized spacial score (nSPS) is 11.6. The highest BCUT2D eigenvalue weighted by Gasteiger charge is 2.20. The lowest BCUT2D eigenvalue weighted by molar-refractivity contribution is 0.511. The molecule has 0 fully saturated rings. The Hall–Kier alpha value is -1.73. The zero-order valence-corrected chi connectivity index (χ0v) is 8.86. The van der Waals surface area contributed by atoms with Crippen LogP contribution in [0.2, 0.25) is 0 Å². The van der Waals surface area contributed by atoms with Crippen LogP contribution in [0.15, 0.2) is 41.4 Å². The summed E-state index contributed by atoms with van der Waals surface area (Å²) >= 11 is 0. The first kappa shape index (κ1) is 10.8. The lowest BCUT2D eigenvalue weighted by atomic mass is 10.3. The third kappa shape index (κ3) is 1.82. The molecule has 7 heteroatoms. The van der Waals surface area contributed by atoms with Crippen molar-refractivity contribution in [3.05, 3.63) is 42.5 Å². The molecule has 1 heterocycles. The van der Waals surface area contributed by atoms with Crippen molar-refractivity contribution in [1.29, 1.82) is 0 Å². The Kier molecular flexibility index (Phi) is 2.49. The minimum absolute atomic E-state index is 0.426. The van der Waals surface area contributed by atoms with Crippen molar-refractivity contribution >= 4 is 10.0 Å². The minimum Gasteiger partial charge on any atom is -0.224 e. The molecule has 16 heavy (non-hydrogen) atoms. The number of aromatic nitrogens is 2. The number of primary sulfonamides is 1. The molecular weight excluding hydrogens is 233 g/mol. The quantitative estimate of drug-likeness (QED) is 0.838. The van der Waals surface area contributed by atoms with Gasteiger partial charge < -0.3 is 0 Å². The number of nitrogens with two attached hydrogens (primary N) is 1. The average molecular weight is 241 g/mol. The maximum absolute atomic E-state index is 13.7. The molecule has 0 saturated heterocycles. The highest BCUT2D eigenvalue weighted by atomic mass is 32.2. The summed E-state index contributed by atoms with van der Waals surface area (Å²) in [4.78, 5) is -0.614. The number of hydrogen-bond donors (Lipinski definition) is 1. The molecule has 0 bridgehead atoms. The van der Waals surface area contributed by atoms with Gasteiger partial charge in [-0.3, -0.25) is 0 Å². The van der Waals surface area contributed by atoms with E-state index >= 15 is 0 Å². The fourth-order valence-electron chi connectivity index (χ4n) is 1.26. The molecule has 2 N–H and O–H groups in total. The van der Waals surface area contributed by atoms with E-state index in [0.29, 0.717) is 5.69 Å². The molecule has 0 radical (unpaired) electrons. The van der Waals surface area contributed by atoms with E-state index in [-0.39, 0.29) is 0 Å². The summed E-state index contributed by atoms with van der Waals surface area (Å²) in [6.07, 6.45) is 0.887. The lowest BCUT2D eigenvalue weighted by Gasteiger charge is -2.01. The largest absolute Gasteiger partial charge is 0.244 e. The highest BCUT2D eigenvalue weighted by Crippen LogP contribution is 2.15. The van der Waals surface area contributed by atoms with Crippen molar-refractivity contribution in [3.8, 4) is 5.69 Å². The van der Waals surface area contributed by atoms with E-state index in [4.69, 9.17) is 5.14 Å². The molecule has 0 unspecified atom stereocenters. The van der Waals surface area contributed by atoms with E-state index in [9.17, 15) is 12.8 Å². The van der Waals surface area contributed by atoms with E-state index in [1.54, 1.807) is 30.3 Å². The molecule has 0 aliphatic heterocycles. The van der Waals surface area contributed by atoms with Gasteiger partial charge in [-0.05, 0) is 12.1 Å². The number of halogens is 1. The third-order valence-electron chi connectivity index (χ3n) is 1.99. The molecule has 2 rings (SSSR count). The van der Waals surface area contributed by atoms with E-state index in [1.165, 1.54) is 0 Å². The van der Waals surface area contributed by atoms with Gasteiger partial charge in [0.2, 0.25) is 16.0 Å². The second kappa shape index (κ2) is 3.69. The fourth-order valence-corrected chi connectivity index (χ4v) is 1.77. The van der Waals surface area contributed by atoms with Gasteiger partial charge in [-0.25, -0.2) is 18.2 Å². The molecule has 1 aromatic carbocycles. The van der Waals surface area contributed by atoms with E-state index in [2.05, 4.69) is 5.10 Å². The van der Waals surface area contributed by atoms with Crippen molar-refractivity contribution in [2.24, 2.45) is 5.14 Å². The third-order valence-corrected chi connectivity index (χ3v) is 2.87. The van der Waals surface area contributed by atoms with Crippen LogP contribution in [-0.4, -0.2) is 18.2 Å². The summed E-state index contributed by atoms with van der Waals surface area (Å²) in [6.45, 7) is 0. The molecular formula is C9H8FN3O2S. The number of nitrogens with zero attached hydrogens (tertiary/aromatic N) is 2. The Morgan fingerprint density at radius 3 is 2.38 bits per heavy atom. The predicted octanol–water partition coefficient (Wildman–Crippen LogP) is 0.659. The summed E-state index contributed by atoms with van der Waals surface area (Å²) in [6, 6.07) is 8.33. The van der Waals surface area contributed by atoms with Gasteiger partial charge in [0, 0.05) is 0 Å². The molecule has 0 aliphatic rings. The molecule has 0 amide bonds. The summed E-state index contributed by atoms with van der Waals surface area (Å²) in [5, 5.41) is 8.46. The maximum atomic E-state index is 13.7. The fraction of sp³-hybridized carbons (Fsp3) is 0. The van der Waals surface area contributed by atoms with Crippen LogP contribution in [0.25, 0.3) is 5.69 Å². The zero-order valence-electron chi connectivity index (χ0n) is 8.04. The smallest absolute Gasteiger partial charge is 0.224 e. The van der Waals surface area contributed by atoms with Crippen LogP contribution >= 0.6 is 0 Å². The molecule has 2 aromatic rings. The number of rotatable bonds is 2. The first-order valence-electron chi connectivity index (χ1n) is 4.32. The van der Waals surface area contributed by atoms with Gasteiger partial charge in [0.25, 0.3) is 0 Å². The average Bonchev–Trinajstić information content (AvgIpc) is 2.61. The molecule has 1 aromatic heterocycles. The first-order valence-corrected chi connectivity index (χ1v) is 5.86. The maximum Gasteiger partial charge on any atom is 0.244 e. The van der Waals surface area contributed by atoms with Crippen LogP contribution < -0.4 is 5.14 Å². The van der Waals surface area contributed by atoms with E-state index < -0.39 is 20.9 Å². The van der Waals surface area contributed by atoms with Crippen LogP contribution in [0.4, 0.5) is 4.39 Å². The predicted molar refractivity (Wildman–Crippen MR) is 54.9 cm³/mol. The monoisotopic (exact) mass is 241 g/mol. The van der Waals surface area contributed by atoms with Gasteiger partial charge in [0.1, 0.15) is 0 Å². The zero-order chi connectivity index (χ0) is 11.8. The van der Waals surface area contributed by atoms with Crippen LogP contribution in [0.1, 0.15) is 0 Å². The molecule has 5 nitrogen and oxygen atoms in total. The van der Waals surface area contributed by atoms with Crippen molar-refractivity contribution in [3.63, 3.8) is 0 Å². The SMILES string of the molecule is NS(=O)(=O)c1cnn(-c2ccccc2)c1F. The molecule has 0 atom stereocenters. The minimum atomic E-state index is -4.08. The van der Waals surface area contributed by atoms with Gasteiger partial charge >= 0.3 is 0 Å². The van der Waals surface area contributed by atoms with E-state index in [0.717, 1.165) is 10.9 Å². The van der Waals surface area contributed by atoms with Gasteiger partial charge in [0.15, 0.2) is 4.90 Å². The van der Waals surface area contributed by atoms with Crippen molar-refractivity contribution < 1.29 is 12.8 Å². The van der Waals surface area contributed by atoms with Crippen LogP contribution in [0.3, 0.4) is 0 Å². The Morgan fingerprint density at radius 2 is 1.88 bits per heavy atom. The lowest BCUT2D eigenvalue weighted by Crippen LogP contribution is -2.13. The van der Waals surface area contributed by atoms with Crippen LogP contribution in [-0.2, 0) is 10.0 Å². The van der Waals surface area contributed by atoms with Gasteiger partial charge in [-0.2, -0.15) is 9.49 Å². The number of benzene rings is 1. The topological polar surface area (TPSA) is 78.0 Å². The van der Waals surface area contributed by atoms with Gasteiger partial charge in [0.05, 0.1) is 11.9 Å². The number of sulfonamides is 1. The molecule has 0 aliphatic carbocycles. The van der Waals surface area contributed by atoms with Crippen molar-refractivity contribution in [2.45, 2.75) is 4.90 Å². The number of hydrogen-bond acceptors (Lipinski definition) is 3. The summed E-state index contributed by atoms with van der Waals surface area (Å²) in [5.41, 5.74) is 0.426. The van der Waals surface area contributed by atoms with Crippen LogP contribution in [0, 0.1) is 5.95 Å². The van der Waals surface area contributed by atoms with E-state index in [1.807, 2.05) is 0 Å². The number of para-hydroxylation sites is 1. The standard InChI is InChI=1S/C9H8FN3O2S/c10-9-8(16(11,14)15)6-12-13(9)7-4-2-1-3-5-7/h1-6H,(H2,11,14,15). The second-order valence-corrected chi connectivity index (χ2v) is 4.62.